The van der Waals surface area contributed by atoms with Gasteiger partial charge in [-0.1, -0.05) is 28.1 Å². The van der Waals surface area contributed by atoms with Crippen LogP contribution in [-0.2, 0) is 0 Å². The summed E-state index contributed by atoms with van der Waals surface area (Å²) in [6.07, 6.45) is 0. The Morgan fingerprint density at radius 1 is 1.26 bits per heavy atom. The van der Waals surface area contributed by atoms with Crippen molar-refractivity contribution in [3.63, 3.8) is 0 Å². The Morgan fingerprint density at radius 2 is 1.95 bits per heavy atom. The zero-order chi connectivity index (χ0) is 14.0. The number of halogens is 3. The predicted molar refractivity (Wildman–Crippen MR) is 80.0 cm³/mol. The fourth-order valence-electron chi connectivity index (χ4n) is 1.44. The molecule has 19 heavy (non-hydrogen) atoms. The molecule has 0 aliphatic carbocycles. The monoisotopic (exact) mass is 437 g/mol. The highest BCUT2D eigenvalue weighted by Gasteiger charge is 2.23. The van der Waals surface area contributed by atoms with Crippen molar-refractivity contribution >= 4 is 44.2 Å². The molecule has 98 valence electrons. The van der Waals surface area contributed by atoms with E-state index in [4.69, 9.17) is 4.74 Å². The highest BCUT2D eigenvalue weighted by Crippen LogP contribution is 2.37. The molecule has 2 rings (SSSR count). The highest BCUT2D eigenvalue weighted by atomic mass is 127. The van der Waals surface area contributed by atoms with Crippen molar-refractivity contribution in [3.05, 3.63) is 60.4 Å². The van der Waals surface area contributed by atoms with Crippen molar-refractivity contribution in [3.8, 4) is 11.5 Å². The van der Waals surface area contributed by atoms with E-state index in [2.05, 4.69) is 15.9 Å². The fourth-order valence-corrected chi connectivity index (χ4v) is 2.35. The van der Waals surface area contributed by atoms with Gasteiger partial charge in [-0.15, -0.1) is 0 Å². The van der Waals surface area contributed by atoms with Crippen LogP contribution >= 0.6 is 38.5 Å². The first-order chi connectivity index (χ1) is 8.99. The number of hydrogen-bond donors (Lipinski definition) is 0. The minimum atomic E-state index is -0.944. The zero-order valence-electron chi connectivity index (χ0n) is 9.27. The van der Waals surface area contributed by atoms with Crippen molar-refractivity contribution in [1.82, 2.24) is 0 Å². The lowest BCUT2D eigenvalue weighted by Crippen LogP contribution is -1.97. The lowest BCUT2D eigenvalue weighted by molar-refractivity contribution is -0.388. The van der Waals surface area contributed by atoms with Gasteiger partial charge in [0.1, 0.15) is 5.75 Å². The number of nitrogens with zero attached hydrogens (tertiary/aromatic N) is 1. The van der Waals surface area contributed by atoms with Crippen molar-refractivity contribution in [1.29, 1.82) is 0 Å². The first-order valence-corrected chi connectivity index (χ1v) is 6.92. The molecule has 0 saturated carbocycles. The smallest absolute Gasteiger partial charge is 0.346 e. The summed E-state index contributed by atoms with van der Waals surface area (Å²) in [6, 6.07) is 9.38. The lowest BCUT2D eigenvalue weighted by Gasteiger charge is -2.08. The molecule has 0 saturated heterocycles. The van der Waals surface area contributed by atoms with E-state index >= 15 is 0 Å². The lowest BCUT2D eigenvalue weighted by atomic mass is 10.3. The van der Waals surface area contributed by atoms with E-state index in [1.165, 1.54) is 6.07 Å². The molecule has 2 aromatic carbocycles. The van der Waals surface area contributed by atoms with E-state index in [9.17, 15) is 14.5 Å². The first-order valence-electron chi connectivity index (χ1n) is 5.05. The Hall–Kier alpha value is -1.22. The van der Waals surface area contributed by atoms with Crippen LogP contribution in [0.4, 0.5) is 10.1 Å². The van der Waals surface area contributed by atoms with Crippen molar-refractivity contribution < 1.29 is 14.1 Å². The van der Waals surface area contributed by atoms with Crippen LogP contribution in [0.15, 0.2) is 40.9 Å². The second-order valence-corrected chi connectivity index (χ2v) is 5.60. The molecule has 2 aromatic rings. The third-order valence-corrected chi connectivity index (χ3v) is 3.58. The minimum Gasteiger partial charge on any atom is -0.449 e. The quantitative estimate of drug-likeness (QED) is 0.390. The standard InChI is InChI=1S/C12H6BrFINO3/c13-7-5-8(14)12(16(17)18)11(6-7)19-10-4-2-1-3-9(10)15/h1-6H. The van der Waals surface area contributed by atoms with Gasteiger partial charge in [0.15, 0.2) is 0 Å². The molecular formula is C12H6BrFINO3. The Labute approximate surface area is 130 Å². The summed E-state index contributed by atoms with van der Waals surface area (Å²) in [7, 11) is 0. The molecule has 0 amide bonds. The summed E-state index contributed by atoms with van der Waals surface area (Å²) in [5.74, 6) is -0.648. The Morgan fingerprint density at radius 3 is 2.58 bits per heavy atom. The second kappa shape index (κ2) is 5.83. The summed E-state index contributed by atoms with van der Waals surface area (Å²) >= 11 is 5.12. The molecule has 0 heterocycles. The first kappa shape index (κ1) is 14.2. The van der Waals surface area contributed by atoms with Crippen LogP contribution in [0, 0.1) is 19.5 Å². The number of ether oxygens (including phenoxy) is 1. The van der Waals surface area contributed by atoms with Gasteiger partial charge in [-0.25, -0.2) is 0 Å². The Kier molecular flexibility index (Phi) is 4.35. The van der Waals surface area contributed by atoms with Crippen LogP contribution in [0.3, 0.4) is 0 Å². The number of benzene rings is 2. The maximum absolute atomic E-state index is 13.6. The maximum atomic E-state index is 13.6. The topological polar surface area (TPSA) is 52.4 Å². The van der Waals surface area contributed by atoms with Gasteiger partial charge < -0.3 is 4.74 Å². The largest absolute Gasteiger partial charge is 0.449 e. The normalized spacial score (nSPS) is 10.3. The van der Waals surface area contributed by atoms with E-state index in [0.29, 0.717) is 10.2 Å². The van der Waals surface area contributed by atoms with Gasteiger partial charge in [0, 0.05) is 10.5 Å². The van der Waals surface area contributed by atoms with E-state index < -0.39 is 16.4 Å². The van der Waals surface area contributed by atoms with Gasteiger partial charge >= 0.3 is 5.69 Å². The van der Waals surface area contributed by atoms with Crippen LogP contribution in [0.5, 0.6) is 11.5 Å². The van der Waals surface area contributed by atoms with Crippen molar-refractivity contribution in [2.45, 2.75) is 0 Å². The molecule has 0 bridgehead atoms. The van der Waals surface area contributed by atoms with Gasteiger partial charge in [0.25, 0.3) is 0 Å². The van der Waals surface area contributed by atoms with Crippen molar-refractivity contribution in [2.75, 3.05) is 0 Å². The average Bonchev–Trinajstić information content (AvgIpc) is 2.30. The molecular weight excluding hydrogens is 432 g/mol. The summed E-state index contributed by atoms with van der Waals surface area (Å²) < 4.78 is 20.2. The summed E-state index contributed by atoms with van der Waals surface area (Å²) in [6.45, 7) is 0. The van der Waals surface area contributed by atoms with Crippen LogP contribution in [-0.4, -0.2) is 4.92 Å². The van der Waals surface area contributed by atoms with E-state index in [0.717, 1.165) is 9.64 Å². The fraction of sp³-hybridized carbons (Fsp3) is 0. The van der Waals surface area contributed by atoms with E-state index in [-0.39, 0.29) is 5.75 Å². The number of rotatable bonds is 3. The molecule has 0 spiro atoms. The van der Waals surface area contributed by atoms with Crippen molar-refractivity contribution in [2.24, 2.45) is 0 Å². The molecule has 0 fully saturated rings. The highest BCUT2D eigenvalue weighted by molar-refractivity contribution is 14.1. The zero-order valence-corrected chi connectivity index (χ0v) is 13.0. The summed E-state index contributed by atoms with van der Waals surface area (Å²) in [5.41, 5.74) is -0.678. The molecule has 4 nitrogen and oxygen atoms in total. The molecule has 0 N–H and O–H groups in total. The molecule has 7 heteroatoms. The van der Waals surface area contributed by atoms with Crippen LogP contribution in [0.1, 0.15) is 0 Å². The maximum Gasteiger partial charge on any atom is 0.346 e. The average molecular weight is 438 g/mol. The number of hydrogen-bond acceptors (Lipinski definition) is 3. The third-order valence-electron chi connectivity index (χ3n) is 2.23. The van der Waals surface area contributed by atoms with Crippen LogP contribution in [0.25, 0.3) is 0 Å². The SMILES string of the molecule is O=[N+]([O-])c1c(F)cc(Br)cc1Oc1ccccc1I. The molecule has 0 radical (unpaired) electrons. The Balaban J connectivity index is 2.51. The number of nitro groups is 1. The molecule has 0 aromatic heterocycles. The molecule has 0 unspecified atom stereocenters. The van der Waals surface area contributed by atoms with Gasteiger partial charge in [-0.05, 0) is 40.8 Å². The third kappa shape index (κ3) is 3.21. The van der Waals surface area contributed by atoms with Gasteiger partial charge in [-0.2, -0.15) is 4.39 Å². The van der Waals surface area contributed by atoms with Gasteiger partial charge in [0.05, 0.1) is 8.49 Å². The van der Waals surface area contributed by atoms with Gasteiger partial charge in [0.2, 0.25) is 11.6 Å². The number of para-hydroxylation sites is 1. The van der Waals surface area contributed by atoms with E-state index in [1.807, 2.05) is 28.7 Å². The molecule has 0 aliphatic heterocycles. The minimum absolute atomic E-state index is 0.138. The summed E-state index contributed by atoms with van der Waals surface area (Å²) in [5, 5.41) is 10.9. The Bertz CT molecular complexity index is 651. The summed E-state index contributed by atoms with van der Waals surface area (Å²) in [4.78, 5) is 10.1. The molecule has 0 aliphatic rings. The van der Waals surface area contributed by atoms with E-state index in [1.54, 1.807) is 18.2 Å². The molecule has 0 atom stereocenters. The van der Waals surface area contributed by atoms with Crippen LogP contribution < -0.4 is 4.74 Å². The number of nitro benzene ring substituents is 1. The van der Waals surface area contributed by atoms with Crippen LogP contribution in [0.2, 0.25) is 0 Å². The van der Waals surface area contributed by atoms with Gasteiger partial charge in [-0.3, -0.25) is 10.1 Å². The second-order valence-electron chi connectivity index (χ2n) is 3.52. The predicted octanol–water partition coefficient (Wildman–Crippen LogP) is 4.89.